The van der Waals surface area contributed by atoms with Crippen LogP contribution in [0.1, 0.15) is 37.7 Å². The Morgan fingerprint density at radius 2 is 2.21 bits per heavy atom. The number of halogens is 1. The van der Waals surface area contributed by atoms with E-state index in [1.54, 1.807) is 0 Å². The molecule has 0 radical (unpaired) electrons. The van der Waals surface area contributed by atoms with Gasteiger partial charge in [-0.3, -0.25) is 4.79 Å². The summed E-state index contributed by atoms with van der Waals surface area (Å²) in [4.78, 5) is 12.1. The lowest BCUT2D eigenvalue weighted by Gasteiger charge is -2.21. The molecule has 19 heavy (non-hydrogen) atoms. The molecule has 0 saturated heterocycles. The number of hydrogen-bond donors (Lipinski definition) is 1. The first-order valence-corrected chi connectivity index (χ1v) is 7.97. The van der Waals surface area contributed by atoms with E-state index in [2.05, 4.69) is 21.2 Å². The number of nitrogens with one attached hydrogen (secondary N) is 1. The number of fused-ring (bicyclic) bond motifs is 2. The Balaban J connectivity index is 1.57. The average molecular weight is 322 g/mol. The molecule has 2 saturated carbocycles. The van der Waals surface area contributed by atoms with Crippen LogP contribution in [-0.2, 0) is 4.79 Å². The molecule has 0 aromatic heterocycles. The zero-order valence-electron chi connectivity index (χ0n) is 11.3. The zero-order valence-corrected chi connectivity index (χ0v) is 12.9. The molecule has 2 aliphatic carbocycles. The van der Waals surface area contributed by atoms with Gasteiger partial charge in [0.1, 0.15) is 0 Å². The van der Waals surface area contributed by atoms with Crippen molar-refractivity contribution in [3.8, 4) is 0 Å². The third-order valence-corrected chi connectivity index (χ3v) is 5.66. The van der Waals surface area contributed by atoms with Gasteiger partial charge in [0.2, 0.25) is 5.91 Å². The SMILES string of the molecule is Cc1cc(NC(=O)C[C@@H]2C[C@@H]3CC[C@@H]2C3)ccc1Br. The minimum absolute atomic E-state index is 0.180. The number of rotatable bonds is 3. The predicted octanol–water partition coefficient (Wildman–Crippen LogP) is 4.52. The molecular weight excluding hydrogens is 302 g/mol. The maximum Gasteiger partial charge on any atom is 0.224 e. The van der Waals surface area contributed by atoms with Crippen LogP contribution in [-0.4, -0.2) is 5.91 Å². The third-order valence-electron chi connectivity index (χ3n) is 4.77. The standard InChI is InChI=1S/C16H20BrNO/c1-10-6-14(4-5-15(10)17)18-16(19)9-13-8-11-2-3-12(13)7-11/h4-6,11-13H,2-3,7-9H2,1H3,(H,18,19)/t11-,12-,13+/m1/s1. The molecule has 1 aromatic rings. The van der Waals surface area contributed by atoms with Crippen molar-refractivity contribution in [2.75, 3.05) is 5.32 Å². The number of carbonyl (C=O) groups is 1. The highest BCUT2D eigenvalue weighted by atomic mass is 79.9. The molecule has 0 unspecified atom stereocenters. The molecule has 2 aliphatic rings. The molecule has 3 rings (SSSR count). The summed E-state index contributed by atoms with van der Waals surface area (Å²) >= 11 is 3.48. The van der Waals surface area contributed by atoms with Crippen LogP contribution >= 0.6 is 15.9 Å². The van der Waals surface area contributed by atoms with Gasteiger partial charge in [-0.25, -0.2) is 0 Å². The lowest BCUT2D eigenvalue weighted by molar-refractivity contribution is -0.117. The second kappa shape index (κ2) is 5.28. The van der Waals surface area contributed by atoms with Crippen LogP contribution in [0.25, 0.3) is 0 Å². The fourth-order valence-electron chi connectivity index (χ4n) is 3.80. The van der Waals surface area contributed by atoms with Gasteiger partial charge in [0.15, 0.2) is 0 Å². The smallest absolute Gasteiger partial charge is 0.224 e. The highest BCUT2D eigenvalue weighted by Gasteiger charge is 2.40. The van der Waals surface area contributed by atoms with Crippen LogP contribution < -0.4 is 5.32 Å². The van der Waals surface area contributed by atoms with E-state index in [0.29, 0.717) is 12.3 Å². The first-order valence-electron chi connectivity index (χ1n) is 7.18. The fourth-order valence-corrected chi connectivity index (χ4v) is 4.05. The van der Waals surface area contributed by atoms with Gasteiger partial charge in [-0.1, -0.05) is 22.4 Å². The van der Waals surface area contributed by atoms with E-state index < -0.39 is 0 Å². The lowest BCUT2D eigenvalue weighted by Crippen LogP contribution is -2.20. The molecule has 0 spiro atoms. The highest BCUT2D eigenvalue weighted by Crippen LogP contribution is 2.49. The molecule has 2 bridgehead atoms. The van der Waals surface area contributed by atoms with Crippen LogP contribution in [0.3, 0.4) is 0 Å². The molecule has 102 valence electrons. The molecule has 0 heterocycles. The van der Waals surface area contributed by atoms with Gasteiger partial charge >= 0.3 is 0 Å². The van der Waals surface area contributed by atoms with Crippen LogP contribution in [0, 0.1) is 24.7 Å². The Kier molecular flexibility index (Phi) is 3.66. The van der Waals surface area contributed by atoms with Gasteiger partial charge in [-0.15, -0.1) is 0 Å². The first-order chi connectivity index (χ1) is 9.11. The molecule has 1 amide bonds. The average Bonchev–Trinajstić information content (AvgIpc) is 2.96. The fraction of sp³-hybridized carbons (Fsp3) is 0.562. The van der Waals surface area contributed by atoms with E-state index in [0.717, 1.165) is 27.6 Å². The molecular formula is C16H20BrNO. The van der Waals surface area contributed by atoms with Crippen molar-refractivity contribution >= 4 is 27.5 Å². The summed E-state index contributed by atoms with van der Waals surface area (Å²) in [6, 6.07) is 5.96. The maximum atomic E-state index is 12.1. The van der Waals surface area contributed by atoms with Crippen molar-refractivity contribution in [1.29, 1.82) is 0 Å². The topological polar surface area (TPSA) is 29.1 Å². The summed E-state index contributed by atoms with van der Waals surface area (Å²) in [6.07, 6.45) is 6.10. The van der Waals surface area contributed by atoms with E-state index in [9.17, 15) is 4.79 Å². The molecule has 1 aromatic carbocycles. The Morgan fingerprint density at radius 3 is 2.84 bits per heavy atom. The van der Waals surface area contributed by atoms with Crippen molar-refractivity contribution in [2.24, 2.45) is 17.8 Å². The van der Waals surface area contributed by atoms with Crippen LogP contribution in [0.15, 0.2) is 22.7 Å². The van der Waals surface area contributed by atoms with Crippen molar-refractivity contribution < 1.29 is 4.79 Å². The molecule has 2 nitrogen and oxygen atoms in total. The summed E-state index contributed by atoms with van der Waals surface area (Å²) < 4.78 is 1.08. The summed E-state index contributed by atoms with van der Waals surface area (Å²) in [6.45, 7) is 2.04. The predicted molar refractivity (Wildman–Crippen MR) is 81.1 cm³/mol. The molecule has 3 heteroatoms. The number of anilines is 1. The highest BCUT2D eigenvalue weighted by molar-refractivity contribution is 9.10. The van der Waals surface area contributed by atoms with Gasteiger partial charge in [-0.05, 0) is 67.7 Å². The van der Waals surface area contributed by atoms with E-state index in [1.165, 1.54) is 25.7 Å². The molecule has 1 N–H and O–H groups in total. The van der Waals surface area contributed by atoms with Gasteiger partial charge in [0, 0.05) is 16.6 Å². The van der Waals surface area contributed by atoms with Gasteiger partial charge < -0.3 is 5.32 Å². The zero-order chi connectivity index (χ0) is 13.4. The monoisotopic (exact) mass is 321 g/mol. The molecule has 3 atom stereocenters. The van der Waals surface area contributed by atoms with Crippen LogP contribution in [0.2, 0.25) is 0 Å². The molecule has 0 aliphatic heterocycles. The van der Waals surface area contributed by atoms with Gasteiger partial charge in [0.25, 0.3) is 0 Å². The molecule has 2 fully saturated rings. The number of aryl methyl sites for hydroxylation is 1. The van der Waals surface area contributed by atoms with Crippen LogP contribution in [0.5, 0.6) is 0 Å². The van der Waals surface area contributed by atoms with E-state index in [-0.39, 0.29) is 5.91 Å². The minimum atomic E-state index is 0.180. The second-order valence-corrected chi connectivity index (χ2v) is 7.01. The van der Waals surface area contributed by atoms with Crippen molar-refractivity contribution in [1.82, 2.24) is 0 Å². The van der Waals surface area contributed by atoms with Crippen molar-refractivity contribution in [3.05, 3.63) is 28.2 Å². The van der Waals surface area contributed by atoms with Gasteiger partial charge in [0.05, 0.1) is 0 Å². The second-order valence-electron chi connectivity index (χ2n) is 6.15. The quantitative estimate of drug-likeness (QED) is 0.871. The largest absolute Gasteiger partial charge is 0.326 e. The summed E-state index contributed by atoms with van der Waals surface area (Å²) in [7, 11) is 0. The number of amides is 1. The van der Waals surface area contributed by atoms with E-state index in [1.807, 2.05) is 25.1 Å². The summed E-state index contributed by atoms with van der Waals surface area (Å²) in [5.74, 6) is 2.55. The number of benzene rings is 1. The van der Waals surface area contributed by atoms with E-state index >= 15 is 0 Å². The first kappa shape index (κ1) is 13.2. The van der Waals surface area contributed by atoms with Crippen molar-refractivity contribution in [3.63, 3.8) is 0 Å². The van der Waals surface area contributed by atoms with Crippen LogP contribution in [0.4, 0.5) is 5.69 Å². The Labute approximate surface area is 123 Å². The number of hydrogen-bond acceptors (Lipinski definition) is 1. The normalized spacial score (nSPS) is 28.6. The van der Waals surface area contributed by atoms with E-state index in [4.69, 9.17) is 0 Å². The Hall–Kier alpha value is -0.830. The van der Waals surface area contributed by atoms with Gasteiger partial charge in [-0.2, -0.15) is 0 Å². The Morgan fingerprint density at radius 1 is 1.37 bits per heavy atom. The summed E-state index contributed by atoms with van der Waals surface area (Å²) in [5, 5.41) is 3.04. The van der Waals surface area contributed by atoms with Crippen molar-refractivity contribution in [2.45, 2.75) is 39.0 Å². The summed E-state index contributed by atoms with van der Waals surface area (Å²) in [5.41, 5.74) is 2.06. The lowest BCUT2D eigenvalue weighted by atomic mass is 9.86. The number of carbonyl (C=O) groups excluding carboxylic acids is 1. The Bertz CT molecular complexity index is 500. The maximum absolute atomic E-state index is 12.1. The third kappa shape index (κ3) is 2.86. The minimum Gasteiger partial charge on any atom is -0.326 e.